The number of hydrogen-bond donors (Lipinski definition) is 1. The van der Waals surface area contributed by atoms with E-state index in [0.29, 0.717) is 17.2 Å². The van der Waals surface area contributed by atoms with E-state index in [0.717, 1.165) is 16.1 Å². The Balaban J connectivity index is 2.28. The standard InChI is InChI=1S/C27H37Cl2N3O5S/c1-7-23(26(34)30-27(2,3)4)31(18-19-10-13-21(37-5)14-11-19)25(33)9-8-16-32(38(6,35)36)24-17-20(28)12-15-22(24)29/h10-15,17,23H,7-9,16,18H2,1-6H3,(H,30,34)/t23-/m0/s1. The highest BCUT2D eigenvalue weighted by Gasteiger charge is 2.31. The number of nitrogens with one attached hydrogen (secondary N) is 1. The van der Waals surface area contributed by atoms with E-state index in [4.69, 9.17) is 27.9 Å². The Morgan fingerprint density at radius 3 is 2.24 bits per heavy atom. The van der Waals surface area contributed by atoms with Crippen LogP contribution in [0, 0.1) is 0 Å². The number of halogens is 2. The van der Waals surface area contributed by atoms with Crippen molar-refractivity contribution in [2.45, 2.75) is 65.1 Å². The van der Waals surface area contributed by atoms with E-state index in [1.165, 1.54) is 12.1 Å². The van der Waals surface area contributed by atoms with Gasteiger partial charge < -0.3 is 15.0 Å². The van der Waals surface area contributed by atoms with Crippen molar-refractivity contribution in [2.75, 3.05) is 24.2 Å². The number of benzene rings is 2. The van der Waals surface area contributed by atoms with Crippen molar-refractivity contribution in [3.63, 3.8) is 0 Å². The number of sulfonamides is 1. The maximum Gasteiger partial charge on any atom is 0.243 e. The lowest BCUT2D eigenvalue weighted by molar-refractivity contribution is -0.142. The second kappa shape index (κ2) is 13.5. The van der Waals surface area contributed by atoms with Crippen LogP contribution in [0.25, 0.3) is 0 Å². The van der Waals surface area contributed by atoms with E-state index >= 15 is 0 Å². The number of methoxy groups -OCH3 is 1. The van der Waals surface area contributed by atoms with Crippen LogP contribution in [-0.2, 0) is 26.2 Å². The molecular formula is C27H37Cl2N3O5S. The smallest absolute Gasteiger partial charge is 0.243 e. The lowest BCUT2D eigenvalue weighted by Gasteiger charge is -2.33. The van der Waals surface area contributed by atoms with Crippen molar-refractivity contribution >= 4 is 50.7 Å². The molecule has 0 saturated heterocycles. The van der Waals surface area contributed by atoms with Crippen LogP contribution in [0.3, 0.4) is 0 Å². The first-order valence-electron chi connectivity index (χ1n) is 12.3. The van der Waals surface area contributed by atoms with Gasteiger partial charge in [-0.25, -0.2) is 8.42 Å². The van der Waals surface area contributed by atoms with Crippen molar-refractivity contribution in [1.82, 2.24) is 10.2 Å². The molecule has 210 valence electrons. The molecule has 0 unspecified atom stereocenters. The van der Waals surface area contributed by atoms with Gasteiger partial charge in [-0.15, -0.1) is 0 Å². The number of rotatable bonds is 12. The summed E-state index contributed by atoms with van der Waals surface area (Å²) in [4.78, 5) is 28.2. The molecule has 1 atom stereocenters. The molecule has 1 N–H and O–H groups in total. The summed E-state index contributed by atoms with van der Waals surface area (Å²) < 4.78 is 31.4. The minimum Gasteiger partial charge on any atom is -0.497 e. The number of anilines is 1. The molecule has 0 heterocycles. The predicted molar refractivity (Wildman–Crippen MR) is 153 cm³/mol. The molecule has 2 aromatic carbocycles. The summed E-state index contributed by atoms with van der Waals surface area (Å²) in [7, 11) is -2.12. The Kier molecular flexibility index (Phi) is 11.3. The van der Waals surface area contributed by atoms with Crippen molar-refractivity contribution in [3.05, 3.63) is 58.1 Å². The minimum absolute atomic E-state index is 0.0198. The fourth-order valence-electron chi connectivity index (χ4n) is 3.96. The summed E-state index contributed by atoms with van der Waals surface area (Å²) in [6, 6.07) is 11.2. The summed E-state index contributed by atoms with van der Waals surface area (Å²) in [5.41, 5.74) is 0.621. The molecule has 0 aromatic heterocycles. The average molecular weight is 587 g/mol. The van der Waals surface area contributed by atoms with E-state index in [2.05, 4.69) is 5.32 Å². The van der Waals surface area contributed by atoms with Gasteiger partial charge in [-0.2, -0.15) is 0 Å². The summed E-state index contributed by atoms with van der Waals surface area (Å²) in [5, 5.41) is 3.55. The Morgan fingerprint density at radius 1 is 1.08 bits per heavy atom. The molecule has 2 rings (SSSR count). The van der Waals surface area contributed by atoms with Gasteiger partial charge in [0.15, 0.2) is 0 Å². The van der Waals surface area contributed by atoms with Gasteiger partial charge in [0, 0.05) is 30.1 Å². The third-order valence-corrected chi connectivity index (χ3v) is 7.46. The van der Waals surface area contributed by atoms with Crippen LogP contribution < -0.4 is 14.4 Å². The predicted octanol–water partition coefficient (Wildman–Crippen LogP) is 5.27. The zero-order valence-corrected chi connectivity index (χ0v) is 25.1. The maximum atomic E-state index is 13.5. The molecule has 0 spiro atoms. The highest BCUT2D eigenvalue weighted by atomic mass is 35.5. The molecule has 0 radical (unpaired) electrons. The van der Waals surface area contributed by atoms with E-state index in [-0.39, 0.29) is 48.5 Å². The number of hydrogen-bond acceptors (Lipinski definition) is 5. The van der Waals surface area contributed by atoms with E-state index in [1.807, 2.05) is 39.8 Å². The molecule has 0 fully saturated rings. The topological polar surface area (TPSA) is 96.0 Å². The number of carbonyl (C=O) groups is 2. The van der Waals surface area contributed by atoms with Crippen molar-refractivity contribution in [3.8, 4) is 5.75 Å². The van der Waals surface area contributed by atoms with E-state index in [9.17, 15) is 18.0 Å². The second-order valence-electron chi connectivity index (χ2n) is 10.1. The molecule has 0 aliphatic heterocycles. The van der Waals surface area contributed by atoms with Gasteiger partial charge in [0.2, 0.25) is 21.8 Å². The zero-order chi connectivity index (χ0) is 28.7. The molecular weight excluding hydrogens is 549 g/mol. The Hall–Kier alpha value is -2.49. The Morgan fingerprint density at radius 2 is 1.71 bits per heavy atom. The normalized spacial score (nSPS) is 12.5. The van der Waals surface area contributed by atoms with E-state index < -0.39 is 21.6 Å². The third-order valence-electron chi connectivity index (χ3n) is 5.73. The molecule has 0 saturated carbocycles. The van der Waals surface area contributed by atoms with Gasteiger partial charge in [0.25, 0.3) is 0 Å². The fraction of sp³-hybridized carbons (Fsp3) is 0.481. The van der Waals surface area contributed by atoms with Crippen LogP contribution in [0.15, 0.2) is 42.5 Å². The molecule has 0 aliphatic carbocycles. The Labute approximate surface area is 236 Å². The first-order chi connectivity index (χ1) is 17.7. The molecule has 8 nitrogen and oxygen atoms in total. The van der Waals surface area contributed by atoms with Gasteiger partial charge >= 0.3 is 0 Å². The monoisotopic (exact) mass is 585 g/mol. The van der Waals surface area contributed by atoms with Gasteiger partial charge in [-0.3, -0.25) is 13.9 Å². The summed E-state index contributed by atoms with van der Waals surface area (Å²) in [5.74, 6) is 0.178. The van der Waals surface area contributed by atoms with Gasteiger partial charge in [-0.1, -0.05) is 42.3 Å². The summed E-state index contributed by atoms with van der Waals surface area (Å²) in [6.45, 7) is 7.74. The molecule has 0 aliphatic rings. The van der Waals surface area contributed by atoms with Crippen LogP contribution in [0.2, 0.25) is 10.0 Å². The van der Waals surface area contributed by atoms with Crippen LogP contribution in [0.4, 0.5) is 5.69 Å². The summed E-state index contributed by atoms with van der Waals surface area (Å²) in [6.07, 6.45) is 1.73. The van der Waals surface area contributed by atoms with Crippen LogP contribution in [0.5, 0.6) is 5.75 Å². The van der Waals surface area contributed by atoms with Crippen molar-refractivity contribution in [1.29, 1.82) is 0 Å². The van der Waals surface area contributed by atoms with E-state index in [1.54, 1.807) is 30.2 Å². The van der Waals surface area contributed by atoms with Crippen LogP contribution in [0.1, 0.15) is 52.5 Å². The van der Waals surface area contributed by atoms with Crippen LogP contribution >= 0.6 is 23.2 Å². The highest BCUT2D eigenvalue weighted by molar-refractivity contribution is 7.92. The number of nitrogens with zero attached hydrogens (tertiary/aromatic N) is 2. The first-order valence-corrected chi connectivity index (χ1v) is 14.9. The highest BCUT2D eigenvalue weighted by Crippen LogP contribution is 2.31. The summed E-state index contributed by atoms with van der Waals surface area (Å²) >= 11 is 12.3. The number of ether oxygens (including phenoxy) is 1. The second-order valence-corrected chi connectivity index (χ2v) is 12.8. The average Bonchev–Trinajstić information content (AvgIpc) is 2.81. The lowest BCUT2D eigenvalue weighted by atomic mass is 10.0. The van der Waals surface area contributed by atoms with Crippen molar-refractivity contribution in [2.24, 2.45) is 0 Å². The third kappa shape index (κ3) is 9.36. The molecule has 38 heavy (non-hydrogen) atoms. The first kappa shape index (κ1) is 31.7. The SMILES string of the molecule is CC[C@@H](C(=O)NC(C)(C)C)N(Cc1ccc(OC)cc1)C(=O)CCCN(c1cc(Cl)ccc1Cl)S(C)(=O)=O. The number of amides is 2. The largest absolute Gasteiger partial charge is 0.497 e. The molecule has 2 amide bonds. The Bertz CT molecular complexity index is 1210. The molecule has 2 aromatic rings. The molecule has 0 bridgehead atoms. The quantitative estimate of drug-likeness (QED) is 0.366. The maximum absolute atomic E-state index is 13.5. The van der Waals surface area contributed by atoms with Crippen LogP contribution in [-0.4, -0.2) is 56.6 Å². The zero-order valence-electron chi connectivity index (χ0n) is 22.8. The van der Waals surface area contributed by atoms with Gasteiger partial charge in [0.1, 0.15) is 11.8 Å². The molecule has 11 heteroatoms. The van der Waals surface area contributed by atoms with Crippen molar-refractivity contribution < 1.29 is 22.7 Å². The number of carbonyl (C=O) groups excluding carboxylic acids is 2. The lowest BCUT2D eigenvalue weighted by Crippen LogP contribution is -2.53. The fourth-order valence-corrected chi connectivity index (χ4v) is 5.36. The van der Waals surface area contributed by atoms with Gasteiger partial charge in [0.05, 0.1) is 24.1 Å². The van der Waals surface area contributed by atoms with Gasteiger partial charge in [-0.05, 0) is 69.5 Å². The minimum atomic E-state index is -3.70.